The molecule has 0 N–H and O–H groups in total. The van der Waals surface area contributed by atoms with Crippen molar-refractivity contribution in [1.29, 1.82) is 0 Å². The summed E-state index contributed by atoms with van der Waals surface area (Å²) in [5, 5.41) is 0. The van der Waals surface area contributed by atoms with Crippen LogP contribution in [0, 0.1) is 0 Å². The predicted octanol–water partition coefficient (Wildman–Crippen LogP) is 7.32. The van der Waals surface area contributed by atoms with Gasteiger partial charge in [0, 0.05) is 36.8 Å². The second-order valence-electron chi connectivity index (χ2n) is 13.1. The van der Waals surface area contributed by atoms with Crippen molar-refractivity contribution in [3.63, 3.8) is 0 Å². The summed E-state index contributed by atoms with van der Waals surface area (Å²) in [6.07, 6.45) is 4.26. The van der Waals surface area contributed by atoms with Crippen LogP contribution in [0.15, 0.2) is 91.0 Å². The summed E-state index contributed by atoms with van der Waals surface area (Å²) in [6, 6.07) is 33.9. The fourth-order valence-electron chi connectivity index (χ4n) is 6.96. The molecule has 0 radical (unpaired) electrons. The first-order valence-electron chi connectivity index (χ1n) is 15.0. The minimum absolute atomic E-state index is 0.410. The summed E-state index contributed by atoms with van der Waals surface area (Å²) in [5.41, 5.74) is 8.55. The zero-order chi connectivity index (χ0) is 28.6. The molecule has 4 aromatic carbocycles. The Morgan fingerprint density at radius 1 is 0.610 bits per heavy atom. The first-order chi connectivity index (χ1) is 19.7. The standard InChI is InChI=1S/C37H44N2O2/c1-38(2)22-20-29-10-6-8-12-32(29)34(38)24-27-14-17-31(18-15-27)41-37-26-28(16-19-36(37)40-5)25-35-33-13-9-7-11-30(33)21-23-39(35,3)4/h6-19,26,34-35H,20-25H2,1-5H3/q+2/t34-,35+/m0/s1. The first kappa shape index (κ1) is 27.6. The largest absolute Gasteiger partial charge is 0.493 e. The van der Waals surface area contributed by atoms with Gasteiger partial charge in [0.15, 0.2) is 11.5 Å². The van der Waals surface area contributed by atoms with E-state index >= 15 is 0 Å². The lowest BCUT2D eigenvalue weighted by Crippen LogP contribution is -2.48. The SMILES string of the molecule is COc1ccc(C[C@@H]2c3ccccc3CC[N+]2(C)C)cc1Oc1ccc(C[C@H]2c3ccccc3CC[N+]2(C)C)cc1. The van der Waals surface area contributed by atoms with Crippen LogP contribution in [0.1, 0.15) is 45.5 Å². The highest BCUT2D eigenvalue weighted by atomic mass is 16.5. The molecule has 2 atom stereocenters. The molecule has 2 heterocycles. The molecular formula is C37H44N2O2+2. The van der Waals surface area contributed by atoms with Gasteiger partial charge in [-0.1, -0.05) is 66.7 Å². The van der Waals surface area contributed by atoms with Crippen molar-refractivity contribution in [2.45, 2.75) is 37.8 Å². The van der Waals surface area contributed by atoms with Crippen LogP contribution in [0.2, 0.25) is 0 Å². The third-order valence-corrected chi connectivity index (χ3v) is 9.67. The monoisotopic (exact) mass is 548 g/mol. The molecule has 4 aromatic rings. The third-order valence-electron chi connectivity index (χ3n) is 9.67. The van der Waals surface area contributed by atoms with E-state index < -0.39 is 0 Å². The van der Waals surface area contributed by atoms with Gasteiger partial charge in [-0.2, -0.15) is 0 Å². The van der Waals surface area contributed by atoms with Gasteiger partial charge in [0.25, 0.3) is 0 Å². The molecule has 0 bridgehead atoms. The highest BCUT2D eigenvalue weighted by molar-refractivity contribution is 5.46. The molecular weight excluding hydrogens is 504 g/mol. The number of methoxy groups -OCH3 is 1. The number of hydrogen-bond acceptors (Lipinski definition) is 2. The molecule has 4 heteroatoms. The van der Waals surface area contributed by atoms with Gasteiger partial charge in [0.2, 0.25) is 0 Å². The Morgan fingerprint density at radius 3 is 1.68 bits per heavy atom. The highest BCUT2D eigenvalue weighted by Gasteiger charge is 2.36. The van der Waals surface area contributed by atoms with Gasteiger partial charge >= 0.3 is 0 Å². The Kier molecular flexibility index (Phi) is 7.39. The van der Waals surface area contributed by atoms with Crippen LogP contribution in [0.25, 0.3) is 0 Å². The fraction of sp³-hybridized carbons (Fsp3) is 0.351. The molecule has 0 fully saturated rings. The molecule has 0 spiro atoms. The van der Waals surface area contributed by atoms with Crippen LogP contribution < -0.4 is 9.47 Å². The van der Waals surface area contributed by atoms with Crippen molar-refractivity contribution in [3.05, 3.63) is 124 Å². The van der Waals surface area contributed by atoms with E-state index in [2.05, 4.69) is 113 Å². The Balaban J connectivity index is 1.21. The van der Waals surface area contributed by atoms with Gasteiger partial charge in [-0.05, 0) is 46.5 Å². The van der Waals surface area contributed by atoms with E-state index in [1.54, 1.807) is 7.11 Å². The zero-order valence-electron chi connectivity index (χ0n) is 25.3. The maximum atomic E-state index is 6.46. The second-order valence-corrected chi connectivity index (χ2v) is 13.1. The smallest absolute Gasteiger partial charge is 0.169 e. The van der Waals surface area contributed by atoms with Crippen LogP contribution in [-0.4, -0.2) is 57.4 Å². The van der Waals surface area contributed by atoms with E-state index in [4.69, 9.17) is 9.47 Å². The van der Waals surface area contributed by atoms with Crippen molar-refractivity contribution < 1.29 is 18.4 Å². The van der Waals surface area contributed by atoms with Crippen molar-refractivity contribution in [2.75, 3.05) is 48.4 Å². The van der Waals surface area contributed by atoms with Crippen LogP contribution in [0.4, 0.5) is 0 Å². The van der Waals surface area contributed by atoms with E-state index in [-0.39, 0.29) is 0 Å². The highest BCUT2D eigenvalue weighted by Crippen LogP contribution is 2.39. The summed E-state index contributed by atoms with van der Waals surface area (Å²) in [6.45, 7) is 2.32. The lowest BCUT2D eigenvalue weighted by molar-refractivity contribution is -0.923. The lowest BCUT2D eigenvalue weighted by Gasteiger charge is -2.43. The minimum atomic E-state index is 0.410. The average molecular weight is 549 g/mol. The quantitative estimate of drug-likeness (QED) is 0.225. The molecule has 0 amide bonds. The Labute approximate surface area is 246 Å². The molecule has 2 aliphatic rings. The van der Waals surface area contributed by atoms with Gasteiger partial charge in [-0.3, -0.25) is 0 Å². The van der Waals surface area contributed by atoms with Gasteiger partial charge in [-0.15, -0.1) is 0 Å². The van der Waals surface area contributed by atoms with E-state index in [0.717, 1.165) is 58.4 Å². The predicted molar refractivity (Wildman–Crippen MR) is 167 cm³/mol. The number of hydrogen-bond donors (Lipinski definition) is 0. The number of fused-ring (bicyclic) bond motifs is 2. The Morgan fingerprint density at radius 2 is 1.12 bits per heavy atom. The van der Waals surface area contributed by atoms with E-state index in [1.165, 1.54) is 39.9 Å². The lowest BCUT2D eigenvalue weighted by atomic mass is 9.87. The van der Waals surface area contributed by atoms with Gasteiger partial charge in [0.05, 0.1) is 48.4 Å². The first-order valence-corrected chi connectivity index (χ1v) is 15.0. The third kappa shape index (κ3) is 5.64. The number of nitrogens with zero attached hydrogens (tertiary/aromatic N) is 2. The van der Waals surface area contributed by atoms with Gasteiger partial charge in [-0.25, -0.2) is 0 Å². The minimum Gasteiger partial charge on any atom is -0.493 e. The van der Waals surface area contributed by atoms with Crippen LogP contribution in [0.5, 0.6) is 17.2 Å². The normalized spacial score (nSPS) is 20.5. The van der Waals surface area contributed by atoms with Crippen LogP contribution in [0.3, 0.4) is 0 Å². The number of likely N-dealkylation sites (N-methyl/N-ethyl adjacent to an activating group) is 2. The van der Waals surface area contributed by atoms with E-state index in [9.17, 15) is 0 Å². The van der Waals surface area contributed by atoms with Crippen molar-refractivity contribution >= 4 is 0 Å². The molecule has 0 saturated heterocycles. The van der Waals surface area contributed by atoms with E-state index in [0.29, 0.717) is 12.1 Å². The van der Waals surface area contributed by atoms with Gasteiger partial charge in [0.1, 0.15) is 17.8 Å². The van der Waals surface area contributed by atoms with Crippen molar-refractivity contribution in [3.8, 4) is 17.2 Å². The maximum Gasteiger partial charge on any atom is 0.169 e. The van der Waals surface area contributed by atoms with Crippen LogP contribution >= 0.6 is 0 Å². The molecule has 6 rings (SSSR count). The molecule has 0 aromatic heterocycles. The molecule has 0 aliphatic carbocycles. The summed E-state index contributed by atoms with van der Waals surface area (Å²) < 4.78 is 14.2. The molecule has 4 nitrogen and oxygen atoms in total. The summed E-state index contributed by atoms with van der Waals surface area (Å²) in [4.78, 5) is 0. The molecule has 2 aliphatic heterocycles. The number of quaternary nitrogens is 2. The summed E-state index contributed by atoms with van der Waals surface area (Å²) in [7, 11) is 11.2. The van der Waals surface area contributed by atoms with Crippen LogP contribution in [-0.2, 0) is 25.7 Å². The molecule has 0 unspecified atom stereocenters. The van der Waals surface area contributed by atoms with Crippen molar-refractivity contribution in [1.82, 2.24) is 0 Å². The van der Waals surface area contributed by atoms with E-state index in [1.807, 2.05) is 6.07 Å². The van der Waals surface area contributed by atoms with Gasteiger partial charge < -0.3 is 18.4 Å². The number of ether oxygens (including phenoxy) is 2. The Bertz CT molecular complexity index is 1520. The summed E-state index contributed by atoms with van der Waals surface area (Å²) >= 11 is 0. The van der Waals surface area contributed by atoms with Crippen molar-refractivity contribution in [2.24, 2.45) is 0 Å². The average Bonchev–Trinajstić information content (AvgIpc) is 2.97. The number of rotatable bonds is 7. The topological polar surface area (TPSA) is 18.5 Å². The summed E-state index contributed by atoms with van der Waals surface area (Å²) in [5.74, 6) is 2.36. The zero-order valence-corrected chi connectivity index (χ0v) is 25.3. The molecule has 0 saturated carbocycles. The second kappa shape index (κ2) is 11.0. The maximum absolute atomic E-state index is 6.46. The molecule has 41 heavy (non-hydrogen) atoms. The molecule has 212 valence electrons. The Hall–Kier alpha value is -3.60. The fourth-order valence-corrected chi connectivity index (χ4v) is 6.96. The number of benzene rings is 4.